The minimum Gasteiger partial charge on any atom is -0.507 e. The van der Waals surface area contributed by atoms with Crippen molar-refractivity contribution in [3.63, 3.8) is 0 Å². The highest BCUT2D eigenvalue weighted by Crippen LogP contribution is 2.51. The molecular formula is C24H23ClN2O7. The second kappa shape index (κ2) is 7.83. The summed E-state index contributed by atoms with van der Waals surface area (Å²) >= 11 is 6.51. The molecule has 5 rings (SSSR count). The van der Waals surface area contributed by atoms with Crippen molar-refractivity contribution < 1.29 is 34.2 Å². The number of amides is 1. The van der Waals surface area contributed by atoms with E-state index >= 15 is 0 Å². The molecule has 1 aromatic carbocycles. The van der Waals surface area contributed by atoms with Gasteiger partial charge in [0.15, 0.2) is 34.7 Å². The number of fused-ring (bicyclic) bond motifs is 3. The van der Waals surface area contributed by atoms with E-state index in [4.69, 9.17) is 17.3 Å². The molecule has 1 amide bonds. The van der Waals surface area contributed by atoms with Gasteiger partial charge in [0.05, 0.1) is 11.5 Å². The van der Waals surface area contributed by atoms with E-state index in [1.54, 1.807) is 6.07 Å². The standard InChI is InChI=1S/C24H23ClN2O7/c25-14-7-11(9-27-3-1-2-4-27)19(29)17-13(14)6-10-5-12-8-15(28)18(23(26)33)22(32)24(12,34)21(31)16(10)20(17)30/h1-2,7,10,12,16,18,29,34H,3-6,8-9H2,(H2,26,33)/t10-,12+,16?,18?,24+/m1/s1. The molecule has 0 spiro atoms. The molecule has 3 aliphatic carbocycles. The van der Waals surface area contributed by atoms with Crippen molar-refractivity contribution >= 4 is 40.6 Å². The van der Waals surface area contributed by atoms with Crippen molar-refractivity contribution in [2.75, 3.05) is 13.1 Å². The predicted molar refractivity (Wildman–Crippen MR) is 118 cm³/mol. The fourth-order valence-corrected chi connectivity index (χ4v) is 6.36. The second-order valence-corrected chi connectivity index (χ2v) is 10.0. The van der Waals surface area contributed by atoms with Gasteiger partial charge in [0.2, 0.25) is 5.91 Å². The average Bonchev–Trinajstić information content (AvgIpc) is 3.27. The fraction of sp³-hybridized carbons (Fsp3) is 0.458. The molecule has 0 saturated heterocycles. The zero-order chi connectivity index (χ0) is 24.5. The summed E-state index contributed by atoms with van der Waals surface area (Å²) in [5, 5.41) is 22.5. The van der Waals surface area contributed by atoms with Gasteiger partial charge < -0.3 is 15.9 Å². The number of aromatic hydroxyl groups is 1. The van der Waals surface area contributed by atoms with E-state index < -0.39 is 58.3 Å². The van der Waals surface area contributed by atoms with Crippen LogP contribution in [-0.4, -0.2) is 62.8 Å². The van der Waals surface area contributed by atoms with Gasteiger partial charge in [0, 0.05) is 42.6 Å². The normalized spacial score (nSPS) is 33.0. The molecule has 1 heterocycles. The van der Waals surface area contributed by atoms with Crippen LogP contribution >= 0.6 is 11.6 Å². The van der Waals surface area contributed by atoms with Gasteiger partial charge in [0.1, 0.15) is 5.75 Å². The largest absolute Gasteiger partial charge is 0.507 e. The lowest BCUT2D eigenvalue weighted by Gasteiger charge is -2.48. The molecule has 10 heteroatoms. The van der Waals surface area contributed by atoms with Crippen molar-refractivity contribution in [3.05, 3.63) is 39.9 Å². The van der Waals surface area contributed by atoms with E-state index in [2.05, 4.69) is 0 Å². The van der Waals surface area contributed by atoms with Gasteiger partial charge in [0.25, 0.3) is 0 Å². The lowest BCUT2D eigenvalue weighted by Crippen LogP contribution is -2.68. The van der Waals surface area contributed by atoms with Crippen LogP contribution in [0.2, 0.25) is 5.02 Å². The van der Waals surface area contributed by atoms with Crippen LogP contribution < -0.4 is 5.73 Å². The molecule has 2 unspecified atom stereocenters. The number of rotatable bonds is 3. The number of nitrogens with zero attached hydrogens (tertiary/aromatic N) is 1. The molecule has 0 bridgehead atoms. The molecular weight excluding hydrogens is 464 g/mol. The van der Waals surface area contributed by atoms with Crippen LogP contribution in [-0.2, 0) is 32.1 Å². The first-order valence-electron chi connectivity index (χ1n) is 11.1. The number of nitrogens with two attached hydrogens (primary N) is 1. The van der Waals surface area contributed by atoms with Crippen LogP contribution in [0.1, 0.15) is 34.3 Å². The summed E-state index contributed by atoms with van der Waals surface area (Å²) in [5.41, 5.74) is 3.32. The van der Waals surface area contributed by atoms with Crippen molar-refractivity contribution in [2.24, 2.45) is 29.4 Å². The summed E-state index contributed by atoms with van der Waals surface area (Å²) in [6.45, 7) is 1.71. The molecule has 5 atom stereocenters. The number of halogens is 1. The Morgan fingerprint density at radius 3 is 2.47 bits per heavy atom. The van der Waals surface area contributed by atoms with Crippen molar-refractivity contribution in [3.8, 4) is 5.75 Å². The number of primary amides is 1. The van der Waals surface area contributed by atoms with Crippen LogP contribution in [0.5, 0.6) is 5.75 Å². The third kappa shape index (κ3) is 3.10. The van der Waals surface area contributed by atoms with Gasteiger partial charge in [-0.2, -0.15) is 0 Å². The SMILES string of the molecule is NC(=O)C1C(=O)C[C@@H]2C[C@@H]3Cc4c(Cl)cc(CN5CC=CC5)c(O)c4C(=O)C3C(=O)[C@]2(O)C1=O. The lowest BCUT2D eigenvalue weighted by atomic mass is 9.54. The van der Waals surface area contributed by atoms with Gasteiger partial charge >= 0.3 is 0 Å². The Labute approximate surface area is 199 Å². The number of phenols is 1. The summed E-state index contributed by atoms with van der Waals surface area (Å²) < 4.78 is 0. The first-order chi connectivity index (χ1) is 16.1. The van der Waals surface area contributed by atoms with Crippen molar-refractivity contribution in [1.29, 1.82) is 0 Å². The lowest BCUT2D eigenvalue weighted by molar-refractivity contribution is -0.175. The third-order valence-corrected chi connectivity index (χ3v) is 8.05. The summed E-state index contributed by atoms with van der Waals surface area (Å²) in [6.07, 6.45) is 3.81. The van der Waals surface area contributed by atoms with Crippen LogP contribution in [0.25, 0.3) is 0 Å². The number of carbonyl (C=O) groups excluding carboxylic acids is 5. The topological polar surface area (TPSA) is 155 Å². The smallest absolute Gasteiger partial charge is 0.235 e. The first kappa shape index (κ1) is 22.9. The van der Waals surface area contributed by atoms with Crippen LogP contribution in [0.3, 0.4) is 0 Å². The van der Waals surface area contributed by atoms with E-state index in [9.17, 15) is 34.2 Å². The number of carbonyl (C=O) groups is 5. The van der Waals surface area contributed by atoms with E-state index in [1.165, 1.54) is 0 Å². The Kier molecular flexibility index (Phi) is 5.27. The second-order valence-electron chi connectivity index (χ2n) is 9.62. The monoisotopic (exact) mass is 486 g/mol. The van der Waals surface area contributed by atoms with Gasteiger partial charge in [-0.05, 0) is 30.4 Å². The molecule has 0 radical (unpaired) electrons. The molecule has 2 fully saturated rings. The minimum atomic E-state index is -2.65. The van der Waals surface area contributed by atoms with Crippen LogP contribution in [0.15, 0.2) is 18.2 Å². The molecule has 1 aliphatic heterocycles. The number of phenolic OH excluding ortho intramolecular Hbond substituents is 1. The van der Waals surface area contributed by atoms with E-state index in [1.807, 2.05) is 17.1 Å². The highest BCUT2D eigenvalue weighted by molar-refractivity contribution is 6.34. The Morgan fingerprint density at radius 2 is 1.82 bits per heavy atom. The Morgan fingerprint density at radius 1 is 1.15 bits per heavy atom. The van der Waals surface area contributed by atoms with E-state index in [0.717, 1.165) is 0 Å². The maximum absolute atomic E-state index is 13.6. The number of hydrogen-bond donors (Lipinski definition) is 3. The summed E-state index contributed by atoms with van der Waals surface area (Å²) in [4.78, 5) is 66.1. The molecule has 1 aromatic rings. The van der Waals surface area contributed by atoms with E-state index in [-0.39, 0.29) is 30.6 Å². The maximum atomic E-state index is 13.6. The number of benzene rings is 1. The third-order valence-electron chi connectivity index (χ3n) is 7.71. The summed E-state index contributed by atoms with van der Waals surface area (Å²) in [6, 6.07) is 1.62. The van der Waals surface area contributed by atoms with Gasteiger partial charge in [-0.15, -0.1) is 0 Å². The van der Waals surface area contributed by atoms with Crippen molar-refractivity contribution in [1.82, 2.24) is 4.90 Å². The predicted octanol–water partition coefficient (Wildman–Crippen LogP) is 0.352. The van der Waals surface area contributed by atoms with Crippen molar-refractivity contribution in [2.45, 2.75) is 31.4 Å². The minimum absolute atomic E-state index is 0.0410. The highest BCUT2D eigenvalue weighted by Gasteiger charge is 2.66. The molecule has 0 aromatic heterocycles. The Balaban J connectivity index is 1.55. The Bertz CT molecular complexity index is 1200. The van der Waals surface area contributed by atoms with Gasteiger partial charge in [-0.25, -0.2) is 0 Å². The quantitative estimate of drug-likeness (QED) is 0.408. The highest BCUT2D eigenvalue weighted by atomic mass is 35.5. The number of Topliss-reactive ketones (excluding diaryl/α,β-unsaturated/α-hetero) is 4. The zero-order valence-corrected chi connectivity index (χ0v) is 18.9. The number of hydrogen-bond acceptors (Lipinski definition) is 8. The zero-order valence-electron chi connectivity index (χ0n) is 18.1. The molecule has 4 aliphatic rings. The molecule has 178 valence electrons. The number of ketones is 4. The average molecular weight is 487 g/mol. The molecule has 34 heavy (non-hydrogen) atoms. The van der Waals surface area contributed by atoms with Crippen LogP contribution in [0, 0.1) is 23.7 Å². The first-order valence-corrected chi connectivity index (χ1v) is 11.5. The summed E-state index contributed by atoms with van der Waals surface area (Å²) in [5.74, 6) is -10.2. The fourth-order valence-electron chi connectivity index (χ4n) is 6.05. The molecule has 4 N–H and O–H groups in total. The maximum Gasteiger partial charge on any atom is 0.235 e. The van der Waals surface area contributed by atoms with Crippen LogP contribution in [0.4, 0.5) is 0 Å². The van der Waals surface area contributed by atoms with Gasteiger partial charge in [-0.1, -0.05) is 23.8 Å². The Hall–Kier alpha value is -2.88. The summed E-state index contributed by atoms with van der Waals surface area (Å²) in [7, 11) is 0. The van der Waals surface area contributed by atoms with E-state index in [0.29, 0.717) is 35.8 Å². The van der Waals surface area contributed by atoms with Gasteiger partial charge in [-0.3, -0.25) is 28.9 Å². The molecule has 2 saturated carbocycles. The number of aliphatic hydroxyl groups is 1. The molecule has 9 nitrogen and oxygen atoms in total.